The number of hydrogen-bond donors (Lipinski definition) is 1. The highest BCUT2D eigenvalue weighted by Crippen LogP contribution is 2.18. The standard InChI is InChI=1S/C10H20N2O/c1-4-9-5-10(11-8(2)13)7-12(3)6-9/h9-10H,4-7H2,1-3H3,(H,11,13). The van der Waals surface area contributed by atoms with Crippen LogP contribution in [0.25, 0.3) is 0 Å². The summed E-state index contributed by atoms with van der Waals surface area (Å²) in [5.41, 5.74) is 0. The first-order valence-corrected chi connectivity index (χ1v) is 5.07. The van der Waals surface area contributed by atoms with Crippen molar-refractivity contribution in [1.29, 1.82) is 0 Å². The van der Waals surface area contributed by atoms with Gasteiger partial charge in [0.15, 0.2) is 0 Å². The van der Waals surface area contributed by atoms with Crippen molar-refractivity contribution in [1.82, 2.24) is 10.2 Å². The molecule has 0 aromatic carbocycles. The number of likely N-dealkylation sites (tertiary alicyclic amines) is 1. The highest BCUT2D eigenvalue weighted by atomic mass is 16.1. The van der Waals surface area contributed by atoms with Crippen molar-refractivity contribution in [3.63, 3.8) is 0 Å². The molecule has 1 aliphatic rings. The van der Waals surface area contributed by atoms with Gasteiger partial charge >= 0.3 is 0 Å². The molecule has 3 nitrogen and oxygen atoms in total. The fourth-order valence-electron chi connectivity index (χ4n) is 2.13. The van der Waals surface area contributed by atoms with Crippen LogP contribution in [0.1, 0.15) is 26.7 Å². The molecule has 1 rings (SSSR count). The summed E-state index contributed by atoms with van der Waals surface area (Å²) in [6, 6.07) is 0.362. The third-order valence-electron chi connectivity index (χ3n) is 2.70. The molecule has 1 aliphatic heterocycles. The maximum absolute atomic E-state index is 10.9. The molecule has 2 unspecified atom stereocenters. The van der Waals surface area contributed by atoms with E-state index in [4.69, 9.17) is 0 Å². The van der Waals surface area contributed by atoms with E-state index >= 15 is 0 Å². The van der Waals surface area contributed by atoms with Gasteiger partial charge in [-0.1, -0.05) is 13.3 Å². The summed E-state index contributed by atoms with van der Waals surface area (Å²) < 4.78 is 0. The first-order chi connectivity index (χ1) is 6.11. The topological polar surface area (TPSA) is 32.3 Å². The predicted octanol–water partition coefficient (Wildman–Crippen LogP) is 0.853. The minimum Gasteiger partial charge on any atom is -0.352 e. The van der Waals surface area contributed by atoms with Gasteiger partial charge in [-0.05, 0) is 19.4 Å². The molecule has 1 N–H and O–H groups in total. The monoisotopic (exact) mass is 184 g/mol. The Labute approximate surface area is 80.5 Å². The van der Waals surface area contributed by atoms with Crippen LogP contribution in [0.3, 0.4) is 0 Å². The van der Waals surface area contributed by atoms with Crippen LogP contribution in [-0.4, -0.2) is 37.0 Å². The van der Waals surface area contributed by atoms with Gasteiger partial charge in [0.2, 0.25) is 5.91 Å². The number of rotatable bonds is 2. The van der Waals surface area contributed by atoms with Crippen molar-refractivity contribution < 1.29 is 4.79 Å². The lowest BCUT2D eigenvalue weighted by molar-refractivity contribution is -0.120. The summed E-state index contributed by atoms with van der Waals surface area (Å²) in [4.78, 5) is 13.2. The second kappa shape index (κ2) is 4.61. The Balaban J connectivity index is 2.42. The molecular weight excluding hydrogens is 164 g/mol. The molecule has 0 aromatic rings. The van der Waals surface area contributed by atoms with Crippen molar-refractivity contribution in [2.24, 2.45) is 5.92 Å². The fraction of sp³-hybridized carbons (Fsp3) is 0.900. The third kappa shape index (κ3) is 3.35. The predicted molar refractivity (Wildman–Crippen MR) is 53.5 cm³/mol. The largest absolute Gasteiger partial charge is 0.352 e. The summed E-state index contributed by atoms with van der Waals surface area (Å²) in [6.45, 7) is 5.98. The summed E-state index contributed by atoms with van der Waals surface area (Å²) in [5.74, 6) is 0.839. The first-order valence-electron chi connectivity index (χ1n) is 5.07. The lowest BCUT2D eigenvalue weighted by atomic mass is 9.92. The molecule has 0 spiro atoms. The fourth-order valence-corrected chi connectivity index (χ4v) is 2.13. The Kier molecular flexibility index (Phi) is 3.72. The normalized spacial score (nSPS) is 30.1. The Morgan fingerprint density at radius 3 is 2.77 bits per heavy atom. The van der Waals surface area contributed by atoms with Gasteiger partial charge in [0, 0.05) is 26.1 Å². The second-order valence-corrected chi connectivity index (χ2v) is 4.13. The van der Waals surface area contributed by atoms with E-state index < -0.39 is 0 Å². The van der Waals surface area contributed by atoms with Crippen molar-refractivity contribution in [2.45, 2.75) is 32.7 Å². The molecule has 3 heteroatoms. The molecule has 2 atom stereocenters. The first kappa shape index (κ1) is 10.5. The minimum absolute atomic E-state index is 0.0927. The van der Waals surface area contributed by atoms with Crippen molar-refractivity contribution in [3.05, 3.63) is 0 Å². The van der Waals surface area contributed by atoms with Gasteiger partial charge in [0.25, 0.3) is 0 Å². The molecule has 1 heterocycles. The van der Waals surface area contributed by atoms with Crippen LogP contribution in [-0.2, 0) is 4.79 Å². The number of nitrogens with zero attached hydrogens (tertiary/aromatic N) is 1. The van der Waals surface area contributed by atoms with E-state index in [1.165, 1.54) is 13.0 Å². The number of carbonyl (C=O) groups is 1. The zero-order valence-corrected chi connectivity index (χ0v) is 8.84. The molecule has 76 valence electrons. The molecule has 0 aromatic heterocycles. The number of piperidine rings is 1. The smallest absolute Gasteiger partial charge is 0.217 e. The minimum atomic E-state index is 0.0927. The molecular formula is C10H20N2O. The highest BCUT2D eigenvalue weighted by molar-refractivity contribution is 5.73. The molecule has 1 amide bonds. The number of likely N-dealkylation sites (N-methyl/N-ethyl adjacent to an activating group) is 1. The average molecular weight is 184 g/mol. The molecule has 0 saturated carbocycles. The summed E-state index contributed by atoms with van der Waals surface area (Å²) in [6.07, 6.45) is 2.35. The number of hydrogen-bond acceptors (Lipinski definition) is 2. The zero-order chi connectivity index (χ0) is 9.84. The highest BCUT2D eigenvalue weighted by Gasteiger charge is 2.24. The molecule has 13 heavy (non-hydrogen) atoms. The lowest BCUT2D eigenvalue weighted by Gasteiger charge is -2.35. The molecule has 0 radical (unpaired) electrons. The summed E-state index contributed by atoms with van der Waals surface area (Å²) in [7, 11) is 2.12. The van der Waals surface area contributed by atoms with E-state index in [0.717, 1.165) is 18.9 Å². The van der Waals surface area contributed by atoms with Crippen LogP contribution >= 0.6 is 0 Å². The summed E-state index contributed by atoms with van der Waals surface area (Å²) >= 11 is 0. The van der Waals surface area contributed by atoms with Gasteiger partial charge in [-0.2, -0.15) is 0 Å². The van der Waals surface area contributed by atoms with E-state index in [1.807, 2.05) is 0 Å². The van der Waals surface area contributed by atoms with Crippen molar-refractivity contribution in [3.8, 4) is 0 Å². The number of nitrogens with one attached hydrogen (secondary N) is 1. The zero-order valence-electron chi connectivity index (χ0n) is 8.84. The quantitative estimate of drug-likeness (QED) is 0.690. The number of amides is 1. The third-order valence-corrected chi connectivity index (χ3v) is 2.70. The molecule has 1 fully saturated rings. The molecule has 0 aliphatic carbocycles. The van der Waals surface area contributed by atoms with E-state index in [2.05, 4.69) is 24.2 Å². The van der Waals surface area contributed by atoms with Crippen molar-refractivity contribution in [2.75, 3.05) is 20.1 Å². The van der Waals surface area contributed by atoms with Crippen molar-refractivity contribution >= 4 is 5.91 Å². The average Bonchev–Trinajstić information content (AvgIpc) is 2.01. The van der Waals surface area contributed by atoms with Gasteiger partial charge < -0.3 is 10.2 Å². The van der Waals surface area contributed by atoms with E-state index in [9.17, 15) is 4.79 Å². The number of carbonyl (C=O) groups excluding carboxylic acids is 1. The van der Waals surface area contributed by atoms with Crippen LogP contribution in [0.15, 0.2) is 0 Å². The van der Waals surface area contributed by atoms with Gasteiger partial charge in [0.1, 0.15) is 0 Å². The van der Waals surface area contributed by atoms with E-state index in [1.54, 1.807) is 6.92 Å². The van der Waals surface area contributed by atoms with Gasteiger partial charge in [-0.15, -0.1) is 0 Å². The maximum Gasteiger partial charge on any atom is 0.217 e. The lowest BCUT2D eigenvalue weighted by Crippen LogP contribution is -2.48. The Bertz CT molecular complexity index is 182. The van der Waals surface area contributed by atoms with Gasteiger partial charge in [-0.3, -0.25) is 4.79 Å². The SMILES string of the molecule is CCC1CC(NC(C)=O)CN(C)C1. The van der Waals surface area contributed by atoms with E-state index in [0.29, 0.717) is 6.04 Å². The Morgan fingerprint density at radius 2 is 2.23 bits per heavy atom. The van der Waals surface area contributed by atoms with Crippen LogP contribution in [0.2, 0.25) is 0 Å². The maximum atomic E-state index is 10.9. The van der Waals surface area contributed by atoms with Gasteiger partial charge in [0.05, 0.1) is 0 Å². The molecule has 0 bridgehead atoms. The van der Waals surface area contributed by atoms with Crippen LogP contribution in [0.5, 0.6) is 0 Å². The van der Waals surface area contributed by atoms with E-state index in [-0.39, 0.29) is 5.91 Å². The summed E-state index contributed by atoms with van der Waals surface area (Å²) in [5, 5.41) is 3.00. The van der Waals surface area contributed by atoms with Crippen LogP contribution < -0.4 is 5.32 Å². The Morgan fingerprint density at radius 1 is 1.54 bits per heavy atom. The van der Waals surface area contributed by atoms with Crippen LogP contribution in [0.4, 0.5) is 0 Å². The van der Waals surface area contributed by atoms with Gasteiger partial charge in [-0.25, -0.2) is 0 Å². The molecule has 1 saturated heterocycles. The second-order valence-electron chi connectivity index (χ2n) is 4.13. The van der Waals surface area contributed by atoms with Crippen LogP contribution in [0, 0.1) is 5.92 Å². The Hall–Kier alpha value is -0.570.